The van der Waals surface area contributed by atoms with Gasteiger partial charge in [0, 0.05) is 0 Å². The van der Waals surface area contributed by atoms with Crippen molar-refractivity contribution in [2.75, 3.05) is 0 Å². The molecular formula is C8H10O2. The summed E-state index contributed by atoms with van der Waals surface area (Å²) in [4.78, 5) is 11.4. The zero-order valence-electron chi connectivity index (χ0n) is 5.96. The number of ketones is 1. The fourth-order valence-electron chi connectivity index (χ4n) is 2.81. The van der Waals surface area contributed by atoms with Crippen LogP contribution in [0.2, 0.25) is 0 Å². The van der Waals surface area contributed by atoms with Gasteiger partial charge >= 0.3 is 0 Å². The lowest BCUT2D eigenvalue weighted by Crippen LogP contribution is -2.43. The van der Waals surface area contributed by atoms with Gasteiger partial charge in [-0.3, -0.25) is 4.79 Å². The standard InChI is InChI=1S/C8H10O2/c1-8-3-4-2-5(10-8)6(4)7(8)9/h4-6H,2-3H2,1H3/t4-,5-,6+,8+/m0/s1. The minimum Gasteiger partial charge on any atom is -0.363 e. The summed E-state index contributed by atoms with van der Waals surface area (Å²) in [6, 6.07) is 0. The number of carbonyl (C=O) groups is 1. The van der Waals surface area contributed by atoms with E-state index in [0.717, 1.165) is 12.8 Å². The van der Waals surface area contributed by atoms with Gasteiger partial charge in [-0.05, 0) is 25.7 Å². The van der Waals surface area contributed by atoms with Gasteiger partial charge < -0.3 is 4.74 Å². The maximum atomic E-state index is 11.4. The summed E-state index contributed by atoms with van der Waals surface area (Å²) in [6.45, 7) is 1.95. The van der Waals surface area contributed by atoms with Crippen LogP contribution in [0.4, 0.5) is 0 Å². The van der Waals surface area contributed by atoms with Gasteiger partial charge in [-0.15, -0.1) is 0 Å². The highest BCUT2D eigenvalue weighted by Crippen LogP contribution is 2.59. The Morgan fingerprint density at radius 2 is 2.50 bits per heavy atom. The second kappa shape index (κ2) is 1.18. The number of fused-ring (bicyclic) bond motifs is 1. The average molecular weight is 138 g/mol. The first kappa shape index (κ1) is 5.30. The van der Waals surface area contributed by atoms with Gasteiger partial charge in [-0.25, -0.2) is 0 Å². The average Bonchev–Trinajstić information content (AvgIpc) is 2.12. The van der Waals surface area contributed by atoms with E-state index in [2.05, 4.69) is 0 Å². The molecule has 0 aromatic carbocycles. The third kappa shape index (κ3) is 0.335. The second-order valence-electron chi connectivity index (χ2n) is 3.98. The topological polar surface area (TPSA) is 26.3 Å². The summed E-state index contributed by atoms with van der Waals surface area (Å²) in [5.41, 5.74) is -0.349. The van der Waals surface area contributed by atoms with E-state index in [1.54, 1.807) is 0 Å². The predicted molar refractivity (Wildman–Crippen MR) is 34.5 cm³/mol. The lowest BCUT2D eigenvalue weighted by atomic mass is 9.73. The van der Waals surface area contributed by atoms with Crippen molar-refractivity contribution in [2.24, 2.45) is 11.8 Å². The number of rotatable bonds is 0. The van der Waals surface area contributed by atoms with Crippen molar-refractivity contribution < 1.29 is 9.53 Å². The van der Waals surface area contributed by atoms with E-state index in [1.165, 1.54) is 0 Å². The number of carbonyl (C=O) groups excluding carboxylic acids is 1. The molecule has 0 spiro atoms. The number of hydrogen-bond acceptors (Lipinski definition) is 2. The fourth-order valence-corrected chi connectivity index (χ4v) is 2.81. The molecule has 2 aliphatic carbocycles. The second-order valence-corrected chi connectivity index (χ2v) is 3.98. The highest BCUT2D eigenvalue weighted by molar-refractivity contribution is 5.95. The Morgan fingerprint density at radius 3 is 2.70 bits per heavy atom. The third-order valence-corrected chi connectivity index (χ3v) is 3.33. The SMILES string of the molecule is C[C@]12C[C@@H]3C[C@H](O1)[C@@H]3C2=O. The van der Waals surface area contributed by atoms with E-state index in [4.69, 9.17) is 4.74 Å². The summed E-state index contributed by atoms with van der Waals surface area (Å²) in [5, 5.41) is 0. The van der Waals surface area contributed by atoms with Crippen molar-refractivity contribution in [1.29, 1.82) is 0 Å². The Labute approximate surface area is 59.6 Å². The smallest absolute Gasteiger partial charge is 0.170 e. The van der Waals surface area contributed by atoms with Crippen LogP contribution in [-0.2, 0) is 9.53 Å². The maximum Gasteiger partial charge on any atom is 0.170 e. The monoisotopic (exact) mass is 138 g/mol. The normalized spacial score (nSPS) is 62.9. The largest absolute Gasteiger partial charge is 0.363 e. The Morgan fingerprint density at radius 1 is 1.70 bits per heavy atom. The molecule has 10 heavy (non-hydrogen) atoms. The number of Topliss-reactive ketones (excluding diaryl/α,β-unsaturated/α-hetero) is 1. The molecule has 2 bridgehead atoms. The highest BCUT2D eigenvalue weighted by Gasteiger charge is 2.67. The minimum atomic E-state index is -0.349. The number of ether oxygens (including phenoxy) is 1. The molecule has 0 amide bonds. The van der Waals surface area contributed by atoms with Crippen LogP contribution in [-0.4, -0.2) is 17.5 Å². The van der Waals surface area contributed by atoms with E-state index >= 15 is 0 Å². The first-order chi connectivity index (χ1) is 4.71. The Kier molecular flexibility index (Phi) is 0.626. The molecule has 2 saturated carbocycles. The van der Waals surface area contributed by atoms with E-state index in [9.17, 15) is 4.79 Å². The first-order valence-corrected chi connectivity index (χ1v) is 3.93. The molecule has 0 aromatic heterocycles. The summed E-state index contributed by atoms with van der Waals surface area (Å²) < 4.78 is 5.58. The van der Waals surface area contributed by atoms with Crippen LogP contribution in [0.3, 0.4) is 0 Å². The van der Waals surface area contributed by atoms with Crippen molar-refractivity contribution in [3.63, 3.8) is 0 Å². The van der Waals surface area contributed by atoms with Gasteiger partial charge in [0.15, 0.2) is 5.78 Å². The third-order valence-electron chi connectivity index (χ3n) is 3.33. The van der Waals surface area contributed by atoms with Crippen molar-refractivity contribution in [3.05, 3.63) is 0 Å². The van der Waals surface area contributed by atoms with Crippen molar-refractivity contribution >= 4 is 5.78 Å². The highest BCUT2D eigenvalue weighted by atomic mass is 16.5. The van der Waals surface area contributed by atoms with Gasteiger partial charge in [-0.2, -0.15) is 0 Å². The van der Waals surface area contributed by atoms with Gasteiger partial charge in [0.05, 0.1) is 12.0 Å². The van der Waals surface area contributed by atoms with Gasteiger partial charge in [0.2, 0.25) is 0 Å². The van der Waals surface area contributed by atoms with Crippen LogP contribution >= 0.6 is 0 Å². The Balaban J connectivity index is 2.13. The minimum absolute atomic E-state index is 0.310. The van der Waals surface area contributed by atoms with E-state index in [1.807, 2.05) is 6.92 Å². The molecular weight excluding hydrogens is 128 g/mol. The Hall–Kier alpha value is -0.370. The van der Waals surface area contributed by atoms with Crippen molar-refractivity contribution in [2.45, 2.75) is 31.5 Å². The molecule has 0 radical (unpaired) electrons. The molecule has 3 aliphatic rings. The zero-order valence-corrected chi connectivity index (χ0v) is 5.96. The maximum absolute atomic E-state index is 11.4. The van der Waals surface area contributed by atoms with Crippen LogP contribution < -0.4 is 0 Å². The zero-order chi connectivity index (χ0) is 6.93. The molecule has 2 nitrogen and oxygen atoms in total. The molecule has 0 N–H and O–H groups in total. The lowest BCUT2D eigenvalue weighted by Gasteiger charge is -2.41. The van der Waals surface area contributed by atoms with Crippen LogP contribution in [0.1, 0.15) is 19.8 Å². The molecule has 3 rings (SSSR count). The van der Waals surface area contributed by atoms with Gasteiger partial charge in [-0.1, -0.05) is 0 Å². The summed E-state index contributed by atoms with van der Waals surface area (Å²) in [6.07, 6.45) is 2.45. The molecule has 0 aromatic rings. The van der Waals surface area contributed by atoms with Gasteiger partial charge in [0.25, 0.3) is 0 Å². The van der Waals surface area contributed by atoms with E-state index < -0.39 is 0 Å². The molecule has 2 heteroatoms. The van der Waals surface area contributed by atoms with Crippen LogP contribution in [0.25, 0.3) is 0 Å². The van der Waals surface area contributed by atoms with Crippen molar-refractivity contribution in [1.82, 2.24) is 0 Å². The molecule has 54 valence electrons. The summed E-state index contributed by atoms with van der Waals surface area (Å²) in [7, 11) is 0. The molecule has 3 fully saturated rings. The van der Waals surface area contributed by atoms with E-state index in [-0.39, 0.29) is 5.60 Å². The predicted octanol–water partition coefficient (Wildman–Crippen LogP) is 0.753. The molecule has 1 heterocycles. The summed E-state index contributed by atoms with van der Waals surface area (Å²) >= 11 is 0. The van der Waals surface area contributed by atoms with Gasteiger partial charge in [0.1, 0.15) is 5.60 Å². The Bertz CT molecular complexity index is 209. The number of hydrogen-bond donors (Lipinski definition) is 0. The fraction of sp³-hybridized carbons (Fsp3) is 0.875. The van der Waals surface area contributed by atoms with E-state index in [0.29, 0.717) is 23.7 Å². The molecule has 0 unspecified atom stereocenters. The van der Waals surface area contributed by atoms with Crippen LogP contribution in [0, 0.1) is 11.8 Å². The molecule has 1 aliphatic heterocycles. The quantitative estimate of drug-likeness (QED) is 0.494. The van der Waals surface area contributed by atoms with Crippen LogP contribution in [0.5, 0.6) is 0 Å². The first-order valence-electron chi connectivity index (χ1n) is 3.93. The summed E-state index contributed by atoms with van der Waals surface area (Å²) in [5.74, 6) is 1.38. The molecule has 1 saturated heterocycles. The molecule has 4 atom stereocenters. The van der Waals surface area contributed by atoms with Crippen LogP contribution in [0.15, 0.2) is 0 Å². The lowest BCUT2D eigenvalue weighted by molar-refractivity contribution is -0.145. The van der Waals surface area contributed by atoms with Crippen molar-refractivity contribution in [3.8, 4) is 0 Å².